The molecule has 0 spiro atoms. The Kier molecular flexibility index (Phi) is 6.15. The number of halogens is 1. The number of carboxylic acids is 1. The Labute approximate surface area is 167 Å². The van der Waals surface area contributed by atoms with E-state index in [9.17, 15) is 9.59 Å². The molecule has 2 aromatic heterocycles. The van der Waals surface area contributed by atoms with Gasteiger partial charge >= 0.3 is 5.97 Å². The maximum Gasteiger partial charge on any atom is 0.335 e. The van der Waals surface area contributed by atoms with Crippen molar-refractivity contribution in [2.75, 3.05) is 25.1 Å². The molecule has 10 heteroatoms. The summed E-state index contributed by atoms with van der Waals surface area (Å²) in [6.07, 6.45) is 2.45. The van der Waals surface area contributed by atoms with Crippen LogP contribution in [-0.2, 0) is 11.2 Å². The molecule has 1 aliphatic heterocycles. The number of hydrogen-bond donors (Lipinski definition) is 3. The van der Waals surface area contributed by atoms with E-state index < -0.39 is 5.97 Å². The molecule has 3 rings (SSSR count). The van der Waals surface area contributed by atoms with Crippen LogP contribution < -0.4 is 10.2 Å². The number of anilines is 1. The number of methoxy groups -OCH3 is 1. The van der Waals surface area contributed by atoms with Crippen LogP contribution in [0.1, 0.15) is 40.0 Å². The number of hydrogen-bond acceptors (Lipinski definition) is 6. The van der Waals surface area contributed by atoms with E-state index in [4.69, 9.17) is 21.4 Å². The molecule has 1 aliphatic rings. The standard InChI is InChI=1S/C18H22ClN5O4/c1-3-11-15(19)23-16(21-11)17(25)22-12-5-7-24(9-13(12)28-2)14-8-10(18(26)27)4-6-20-14/h4,6,8,12-13H,3,5,7,9H2,1-2H3,(H,21,23)(H,22,25)(H,26,27)/t12-,13+/m1/s1. The Morgan fingerprint density at radius 2 is 2.29 bits per heavy atom. The van der Waals surface area contributed by atoms with Gasteiger partial charge in [0.1, 0.15) is 5.82 Å². The largest absolute Gasteiger partial charge is 0.478 e. The van der Waals surface area contributed by atoms with Crippen LogP contribution in [0, 0.1) is 0 Å². The van der Waals surface area contributed by atoms with Crippen LogP contribution in [-0.4, -0.2) is 64.3 Å². The zero-order chi connectivity index (χ0) is 20.3. The SMILES string of the molecule is CCc1[nH]c(C(=O)N[C@@H]2CCN(c3cc(C(=O)O)ccn3)C[C@@H]2OC)nc1Cl. The Hall–Kier alpha value is -2.65. The van der Waals surface area contributed by atoms with Gasteiger partial charge in [-0.1, -0.05) is 18.5 Å². The highest BCUT2D eigenvalue weighted by molar-refractivity contribution is 6.30. The second-order valence-corrected chi connectivity index (χ2v) is 6.86. The first kappa shape index (κ1) is 20.1. The number of aryl methyl sites for hydroxylation is 1. The predicted octanol–water partition coefficient (Wildman–Crippen LogP) is 1.74. The van der Waals surface area contributed by atoms with Crippen molar-refractivity contribution < 1.29 is 19.4 Å². The molecule has 1 amide bonds. The molecule has 150 valence electrons. The summed E-state index contributed by atoms with van der Waals surface area (Å²) in [4.78, 5) is 36.9. The molecule has 3 N–H and O–H groups in total. The van der Waals surface area contributed by atoms with E-state index in [2.05, 4.69) is 20.3 Å². The normalized spacial score (nSPS) is 19.5. The highest BCUT2D eigenvalue weighted by atomic mass is 35.5. The third-order valence-corrected chi connectivity index (χ3v) is 5.10. The van der Waals surface area contributed by atoms with E-state index in [-0.39, 0.29) is 29.4 Å². The molecule has 2 atom stereocenters. The predicted molar refractivity (Wildman–Crippen MR) is 103 cm³/mol. The number of amides is 1. The van der Waals surface area contributed by atoms with E-state index in [1.807, 2.05) is 11.8 Å². The third-order valence-electron chi connectivity index (χ3n) is 4.79. The molecule has 1 saturated heterocycles. The summed E-state index contributed by atoms with van der Waals surface area (Å²) in [6, 6.07) is 2.77. The first-order chi connectivity index (χ1) is 13.4. The van der Waals surface area contributed by atoms with Gasteiger partial charge < -0.3 is 25.0 Å². The third kappa shape index (κ3) is 4.26. The van der Waals surface area contributed by atoms with Gasteiger partial charge in [-0.05, 0) is 25.0 Å². The quantitative estimate of drug-likeness (QED) is 0.666. The number of aromatic amines is 1. The minimum absolute atomic E-state index is 0.176. The first-order valence-electron chi connectivity index (χ1n) is 8.95. The summed E-state index contributed by atoms with van der Waals surface area (Å²) in [6.45, 7) is 2.99. The average Bonchev–Trinajstić information content (AvgIpc) is 3.09. The molecule has 2 aromatic rings. The molecule has 9 nitrogen and oxygen atoms in total. The number of carboxylic acid groups (broad SMARTS) is 1. The van der Waals surface area contributed by atoms with Crippen molar-refractivity contribution in [1.82, 2.24) is 20.3 Å². The van der Waals surface area contributed by atoms with Gasteiger partial charge in [-0.3, -0.25) is 4.79 Å². The number of carbonyl (C=O) groups is 2. The Balaban J connectivity index is 1.68. The molecule has 3 heterocycles. The number of H-pyrrole nitrogens is 1. The minimum atomic E-state index is -1.00. The van der Waals surface area contributed by atoms with E-state index in [0.29, 0.717) is 42.6 Å². The fraction of sp³-hybridized carbons (Fsp3) is 0.444. The van der Waals surface area contributed by atoms with Gasteiger partial charge in [0, 0.05) is 26.4 Å². The smallest absolute Gasteiger partial charge is 0.335 e. The van der Waals surface area contributed by atoms with Crippen LogP contribution in [0.3, 0.4) is 0 Å². The van der Waals surface area contributed by atoms with Crippen molar-refractivity contribution in [2.45, 2.75) is 31.9 Å². The molecule has 0 radical (unpaired) electrons. The van der Waals surface area contributed by atoms with Crippen molar-refractivity contribution in [2.24, 2.45) is 0 Å². The zero-order valence-corrected chi connectivity index (χ0v) is 16.4. The summed E-state index contributed by atoms with van der Waals surface area (Å²) in [5.41, 5.74) is 0.894. The van der Waals surface area contributed by atoms with Crippen molar-refractivity contribution in [3.63, 3.8) is 0 Å². The lowest BCUT2D eigenvalue weighted by molar-refractivity contribution is 0.0536. The van der Waals surface area contributed by atoms with E-state index in [1.54, 1.807) is 7.11 Å². The summed E-state index contributed by atoms with van der Waals surface area (Å²) in [5, 5.41) is 12.4. The molecule has 0 aromatic carbocycles. The van der Waals surface area contributed by atoms with Crippen LogP contribution in [0.25, 0.3) is 0 Å². The molecular formula is C18H22ClN5O4. The highest BCUT2D eigenvalue weighted by Crippen LogP contribution is 2.21. The number of aromatic carboxylic acids is 1. The van der Waals surface area contributed by atoms with Crippen LogP contribution in [0.4, 0.5) is 5.82 Å². The monoisotopic (exact) mass is 407 g/mol. The summed E-state index contributed by atoms with van der Waals surface area (Å²) in [7, 11) is 1.58. The lowest BCUT2D eigenvalue weighted by Crippen LogP contribution is -2.55. The molecular weight excluding hydrogens is 386 g/mol. The van der Waals surface area contributed by atoms with E-state index in [1.165, 1.54) is 18.3 Å². The van der Waals surface area contributed by atoms with E-state index in [0.717, 1.165) is 0 Å². The fourth-order valence-electron chi connectivity index (χ4n) is 3.22. The molecule has 0 bridgehead atoms. The molecule has 0 aliphatic carbocycles. The van der Waals surface area contributed by atoms with Crippen molar-refractivity contribution in [3.8, 4) is 0 Å². The number of rotatable bonds is 6. The van der Waals surface area contributed by atoms with Gasteiger partial charge in [-0.15, -0.1) is 0 Å². The van der Waals surface area contributed by atoms with Crippen molar-refractivity contribution in [3.05, 3.63) is 40.6 Å². The lowest BCUT2D eigenvalue weighted by Gasteiger charge is -2.38. The van der Waals surface area contributed by atoms with Crippen LogP contribution in [0.2, 0.25) is 5.15 Å². The fourth-order valence-corrected chi connectivity index (χ4v) is 3.48. The maximum atomic E-state index is 12.5. The van der Waals surface area contributed by atoms with Gasteiger partial charge in [0.15, 0.2) is 11.0 Å². The number of nitrogens with one attached hydrogen (secondary N) is 2. The Morgan fingerprint density at radius 3 is 2.93 bits per heavy atom. The van der Waals surface area contributed by atoms with Gasteiger partial charge in [0.05, 0.1) is 23.4 Å². The number of imidazole rings is 1. The first-order valence-corrected chi connectivity index (χ1v) is 9.33. The molecule has 0 saturated carbocycles. The summed E-state index contributed by atoms with van der Waals surface area (Å²) < 4.78 is 5.56. The van der Waals surface area contributed by atoms with Gasteiger partial charge in [0.25, 0.3) is 5.91 Å². The van der Waals surface area contributed by atoms with E-state index >= 15 is 0 Å². The Morgan fingerprint density at radius 1 is 1.50 bits per heavy atom. The van der Waals surface area contributed by atoms with Crippen LogP contribution >= 0.6 is 11.6 Å². The van der Waals surface area contributed by atoms with Crippen LogP contribution in [0.15, 0.2) is 18.3 Å². The summed E-state index contributed by atoms with van der Waals surface area (Å²) >= 11 is 6.01. The number of carbonyl (C=O) groups excluding carboxylic acids is 1. The number of nitrogens with zero attached hydrogens (tertiary/aromatic N) is 3. The number of piperidine rings is 1. The topological polar surface area (TPSA) is 120 Å². The molecule has 1 fully saturated rings. The summed E-state index contributed by atoms with van der Waals surface area (Å²) in [5.74, 6) is -0.599. The number of ether oxygens (including phenoxy) is 1. The average molecular weight is 408 g/mol. The molecule has 0 unspecified atom stereocenters. The second kappa shape index (κ2) is 8.57. The zero-order valence-electron chi connectivity index (χ0n) is 15.6. The minimum Gasteiger partial charge on any atom is -0.478 e. The molecule has 28 heavy (non-hydrogen) atoms. The van der Waals surface area contributed by atoms with Crippen LogP contribution in [0.5, 0.6) is 0 Å². The maximum absolute atomic E-state index is 12.5. The Bertz CT molecular complexity index is 871. The van der Waals surface area contributed by atoms with Gasteiger partial charge in [-0.25, -0.2) is 14.8 Å². The van der Waals surface area contributed by atoms with Gasteiger partial charge in [-0.2, -0.15) is 0 Å². The highest BCUT2D eigenvalue weighted by Gasteiger charge is 2.32. The second-order valence-electron chi connectivity index (χ2n) is 6.50. The lowest BCUT2D eigenvalue weighted by atomic mass is 10.0. The number of aromatic nitrogens is 3. The number of pyridine rings is 1. The van der Waals surface area contributed by atoms with Crippen molar-refractivity contribution >= 4 is 29.3 Å². The van der Waals surface area contributed by atoms with Gasteiger partial charge in [0.2, 0.25) is 0 Å². The van der Waals surface area contributed by atoms with Crippen molar-refractivity contribution in [1.29, 1.82) is 0 Å².